The zero-order valence-electron chi connectivity index (χ0n) is 24.0. The number of likely N-dealkylation sites (tertiary alicyclic amines) is 1. The zero-order chi connectivity index (χ0) is 29.3. The molecule has 3 atom stereocenters. The lowest BCUT2D eigenvalue weighted by molar-refractivity contribution is -0.143. The van der Waals surface area contributed by atoms with Crippen LogP contribution in [0.5, 0.6) is 0 Å². The molecular weight excluding hydrogens is 558 g/mol. The standard InChI is InChI=1S/C30H39N5O6S/c1-40-16-15-33-11-13-34(14-12-33)29-31-22(19-42-29)20-5-7-21(8-6-20)27(38)32-30(9-3-2-4-10-30)28(39)35-17-23(36)26-25(35)24(37)18-41-26/h5-8,19,23,25-26,36H,2-4,9-18H2,1H3,(H,32,38)/t23-,25+,26+/m0/s1. The number of nitrogens with zero attached hydrogens (tertiary/aromatic N) is 4. The number of β-amino-alcohol motifs (C(OH)–C–C–N with tert-alkyl or cyclic N) is 1. The summed E-state index contributed by atoms with van der Waals surface area (Å²) in [6, 6.07) is 6.53. The maximum atomic E-state index is 13.9. The number of ketones is 1. The van der Waals surface area contributed by atoms with Crippen molar-refractivity contribution < 1.29 is 29.0 Å². The van der Waals surface area contributed by atoms with Crippen molar-refractivity contribution in [3.05, 3.63) is 35.2 Å². The molecule has 4 heterocycles. The van der Waals surface area contributed by atoms with Crippen LogP contribution in [0.1, 0.15) is 42.5 Å². The van der Waals surface area contributed by atoms with Gasteiger partial charge in [0.15, 0.2) is 10.9 Å². The number of anilines is 1. The fourth-order valence-electron chi connectivity index (χ4n) is 6.67. The summed E-state index contributed by atoms with van der Waals surface area (Å²) in [6.45, 7) is 5.43. The lowest BCUT2D eigenvalue weighted by Gasteiger charge is -2.40. The van der Waals surface area contributed by atoms with E-state index in [0.29, 0.717) is 18.4 Å². The maximum absolute atomic E-state index is 13.9. The number of benzene rings is 1. The smallest absolute Gasteiger partial charge is 0.252 e. The van der Waals surface area contributed by atoms with E-state index in [1.54, 1.807) is 30.6 Å². The molecule has 4 aliphatic rings. The molecule has 0 unspecified atom stereocenters. The van der Waals surface area contributed by atoms with E-state index in [4.69, 9.17) is 14.5 Å². The fourth-order valence-corrected chi connectivity index (χ4v) is 7.56. The number of piperazine rings is 1. The second-order valence-corrected chi connectivity index (χ2v) is 12.6. The molecule has 12 heteroatoms. The fraction of sp³-hybridized carbons (Fsp3) is 0.600. The number of Topliss-reactive ketones (excluding diaryl/α,β-unsaturated/α-hetero) is 1. The molecule has 3 aliphatic heterocycles. The lowest BCUT2D eigenvalue weighted by atomic mass is 9.80. The molecule has 2 N–H and O–H groups in total. The molecule has 1 aromatic carbocycles. The van der Waals surface area contributed by atoms with Crippen molar-refractivity contribution in [3.63, 3.8) is 0 Å². The Hall–Kier alpha value is -2.90. The first-order chi connectivity index (χ1) is 20.4. The third kappa shape index (κ3) is 5.70. The summed E-state index contributed by atoms with van der Waals surface area (Å²) >= 11 is 1.62. The minimum Gasteiger partial charge on any atom is -0.388 e. The Morgan fingerprint density at radius 1 is 1.14 bits per heavy atom. The Morgan fingerprint density at radius 2 is 1.88 bits per heavy atom. The highest BCUT2D eigenvalue weighted by atomic mass is 32.1. The van der Waals surface area contributed by atoms with Crippen molar-refractivity contribution in [3.8, 4) is 11.3 Å². The lowest BCUT2D eigenvalue weighted by Crippen LogP contribution is -2.62. The number of methoxy groups -OCH3 is 1. The number of amides is 2. The predicted octanol–water partition coefficient (Wildman–Crippen LogP) is 1.55. The molecular formula is C30H39N5O6S. The van der Waals surface area contributed by atoms with Gasteiger partial charge in [-0.2, -0.15) is 0 Å². The number of aliphatic hydroxyl groups is 1. The third-order valence-electron chi connectivity index (χ3n) is 9.08. The number of hydrogen-bond acceptors (Lipinski definition) is 10. The molecule has 0 spiro atoms. The van der Waals surface area contributed by atoms with E-state index in [1.807, 2.05) is 17.5 Å². The first kappa shape index (κ1) is 29.2. The predicted molar refractivity (Wildman–Crippen MR) is 158 cm³/mol. The van der Waals surface area contributed by atoms with Gasteiger partial charge >= 0.3 is 0 Å². The van der Waals surface area contributed by atoms with Crippen LogP contribution >= 0.6 is 11.3 Å². The van der Waals surface area contributed by atoms with Gasteiger partial charge < -0.3 is 29.7 Å². The van der Waals surface area contributed by atoms with Gasteiger partial charge in [-0.05, 0) is 25.0 Å². The quantitative estimate of drug-likeness (QED) is 0.467. The van der Waals surface area contributed by atoms with Crippen LogP contribution in [-0.4, -0.2) is 121 Å². The van der Waals surface area contributed by atoms with E-state index >= 15 is 0 Å². The summed E-state index contributed by atoms with van der Waals surface area (Å²) in [7, 11) is 1.73. The van der Waals surface area contributed by atoms with Gasteiger partial charge in [0.2, 0.25) is 5.91 Å². The van der Waals surface area contributed by atoms with Gasteiger partial charge in [0.05, 0.1) is 18.8 Å². The van der Waals surface area contributed by atoms with Crippen molar-refractivity contribution >= 4 is 34.1 Å². The molecule has 1 saturated carbocycles. The number of carbonyl (C=O) groups is 3. The molecule has 3 saturated heterocycles. The highest BCUT2D eigenvalue weighted by Crippen LogP contribution is 2.36. The number of rotatable bonds is 8. The molecule has 6 rings (SSSR count). The summed E-state index contributed by atoms with van der Waals surface area (Å²) in [4.78, 5) is 51.0. The van der Waals surface area contributed by atoms with E-state index in [-0.39, 0.29) is 30.7 Å². The van der Waals surface area contributed by atoms with Crippen molar-refractivity contribution in [1.82, 2.24) is 20.1 Å². The van der Waals surface area contributed by atoms with Gasteiger partial charge in [-0.15, -0.1) is 11.3 Å². The molecule has 226 valence electrons. The highest BCUT2D eigenvalue weighted by molar-refractivity contribution is 7.14. The average Bonchev–Trinajstić information content (AvgIpc) is 3.74. The van der Waals surface area contributed by atoms with Crippen molar-refractivity contribution in [2.75, 3.05) is 64.5 Å². The van der Waals surface area contributed by atoms with Crippen LogP contribution in [0.2, 0.25) is 0 Å². The number of carbonyl (C=O) groups excluding carboxylic acids is 3. The Bertz CT molecular complexity index is 1290. The van der Waals surface area contributed by atoms with Gasteiger partial charge in [0, 0.05) is 56.3 Å². The molecule has 42 heavy (non-hydrogen) atoms. The van der Waals surface area contributed by atoms with E-state index in [1.165, 1.54) is 4.90 Å². The van der Waals surface area contributed by atoms with E-state index in [2.05, 4.69) is 15.1 Å². The average molecular weight is 598 g/mol. The second-order valence-electron chi connectivity index (χ2n) is 11.7. The molecule has 2 amide bonds. The van der Waals surface area contributed by atoms with Crippen LogP contribution < -0.4 is 10.2 Å². The molecule has 1 aromatic heterocycles. The van der Waals surface area contributed by atoms with Gasteiger partial charge in [0.1, 0.15) is 30.4 Å². The van der Waals surface area contributed by atoms with Gasteiger partial charge in [-0.3, -0.25) is 19.3 Å². The summed E-state index contributed by atoms with van der Waals surface area (Å²) in [6.07, 6.45) is 1.97. The van der Waals surface area contributed by atoms with Crippen LogP contribution in [0.15, 0.2) is 29.6 Å². The first-order valence-corrected chi connectivity index (χ1v) is 15.7. The first-order valence-electron chi connectivity index (χ1n) is 14.9. The Morgan fingerprint density at radius 3 is 2.60 bits per heavy atom. The van der Waals surface area contributed by atoms with Gasteiger partial charge in [-0.25, -0.2) is 4.98 Å². The maximum Gasteiger partial charge on any atom is 0.252 e. The number of fused-ring (bicyclic) bond motifs is 1. The highest BCUT2D eigenvalue weighted by Gasteiger charge is 2.55. The largest absolute Gasteiger partial charge is 0.388 e. The van der Waals surface area contributed by atoms with Crippen molar-refractivity contribution in [1.29, 1.82) is 0 Å². The van der Waals surface area contributed by atoms with Crippen molar-refractivity contribution in [2.45, 2.75) is 55.9 Å². The van der Waals surface area contributed by atoms with E-state index < -0.39 is 23.8 Å². The Balaban J connectivity index is 1.12. The monoisotopic (exact) mass is 597 g/mol. The van der Waals surface area contributed by atoms with Gasteiger partial charge in [0.25, 0.3) is 5.91 Å². The number of hydrogen-bond donors (Lipinski definition) is 2. The number of nitrogens with one attached hydrogen (secondary N) is 1. The zero-order valence-corrected chi connectivity index (χ0v) is 24.8. The van der Waals surface area contributed by atoms with Crippen molar-refractivity contribution in [2.24, 2.45) is 0 Å². The minimum atomic E-state index is -1.11. The molecule has 1 aliphatic carbocycles. The molecule has 0 bridgehead atoms. The Kier molecular flexibility index (Phi) is 8.60. The Labute approximate surface area is 249 Å². The van der Waals surface area contributed by atoms with E-state index in [9.17, 15) is 19.5 Å². The van der Waals surface area contributed by atoms with E-state index in [0.717, 1.165) is 75.0 Å². The SMILES string of the molecule is COCCN1CCN(c2nc(-c3ccc(C(=O)NC4(C(=O)N5C[C@H](O)[C@H]6OCC(=O)[C@H]65)CCCCC4)cc3)cs2)CC1. The minimum absolute atomic E-state index is 0.0331. The molecule has 4 fully saturated rings. The van der Waals surface area contributed by atoms with Crippen LogP contribution in [-0.2, 0) is 19.1 Å². The topological polar surface area (TPSA) is 125 Å². The number of aromatic nitrogens is 1. The molecule has 0 radical (unpaired) electrons. The van der Waals surface area contributed by atoms with Crippen LogP contribution in [0.4, 0.5) is 5.13 Å². The number of ether oxygens (including phenoxy) is 2. The number of aliphatic hydroxyl groups excluding tert-OH is 1. The van der Waals surface area contributed by atoms with Crippen LogP contribution in [0, 0.1) is 0 Å². The summed E-state index contributed by atoms with van der Waals surface area (Å²) in [5.74, 6) is -0.827. The third-order valence-corrected chi connectivity index (χ3v) is 9.98. The van der Waals surface area contributed by atoms with Crippen LogP contribution in [0.25, 0.3) is 11.3 Å². The van der Waals surface area contributed by atoms with Crippen LogP contribution in [0.3, 0.4) is 0 Å². The summed E-state index contributed by atoms with van der Waals surface area (Å²) in [5.41, 5.74) is 1.14. The van der Waals surface area contributed by atoms with Gasteiger partial charge in [-0.1, -0.05) is 31.4 Å². The molecule has 11 nitrogen and oxygen atoms in total. The normalized spacial score (nSPS) is 26.0. The number of thiazole rings is 1. The molecule has 2 aromatic rings. The second kappa shape index (κ2) is 12.4. The summed E-state index contributed by atoms with van der Waals surface area (Å²) < 4.78 is 10.7. The summed E-state index contributed by atoms with van der Waals surface area (Å²) in [5, 5.41) is 16.5.